The van der Waals surface area contributed by atoms with E-state index in [2.05, 4.69) is 5.32 Å². The van der Waals surface area contributed by atoms with Gasteiger partial charge in [-0.2, -0.15) is 0 Å². The number of Topliss-reactive ketones (excluding diaryl/α,β-unsaturated/α-hetero) is 1. The number of amides is 1. The van der Waals surface area contributed by atoms with Crippen LogP contribution in [0, 0.1) is 21.8 Å². The van der Waals surface area contributed by atoms with Crippen molar-refractivity contribution >= 4 is 23.1 Å². The van der Waals surface area contributed by atoms with E-state index in [1.165, 1.54) is 12.1 Å². The average molecular weight is 360 g/mol. The molecule has 0 saturated heterocycles. The predicted octanol–water partition coefficient (Wildman–Crippen LogP) is 3.59. The number of ketones is 1. The third kappa shape index (κ3) is 4.85. The molecule has 2 aromatic rings. The normalized spacial score (nSPS) is 10.5. The molecule has 7 nitrogen and oxygen atoms in total. The lowest BCUT2D eigenvalue weighted by Gasteiger charge is -2.09. The third-order valence-corrected chi connectivity index (χ3v) is 3.48. The van der Waals surface area contributed by atoms with Crippen LogP contribution in [0.1, 0.15) is 24.2 Å². The molecular weight excluding hydrogens is 343 g/mol. The molecule has 2 rings (SSSR count). The molecule has 0 bridgehead atoms. The zero-order chi connectivity index (χ0) is 19.3. The number of benzene rings is 2. The van der Waals surface area contributed by atoms with E-state index in [9.17, 15) is 24.1 Å². The summed E-state index contributed by atoms with van der Waals surface area (Å²) < 4.78 is 18.4. The number of halogens is 1. The van der Waals surface area contributed by atoms with Crippen molar-refractivity contribution in [3.05, 3.63) is 64.0 Å². The van der Waals surface area contributed by atoms with Crippen molar-refractivity contribution in [2.45, 2.75) is 13.8 Å². The number of hydrogen-bond acceptors (Lipinski definition) is 5. The molecule has 0 saturated carbocycles. The molecular formula is C18H17FN2O5. The summed E-state index contributed by atoms with van der Waals surface area (Å²) in [4.78, 5) is 34.0. The molecule has 0 spiro atoms. The minimum absolute atomic E-state index is 0.147. The molecule has 0 fully saturated rings. The Morgan fingerprint density at radius 1 is 1.19 bits per heavy atom. The number of ether oxygens (including phenoxy) is 1. The maximum atomic E-state index is 13.2. The highest BCUT2D eigenvalue weighted by Gasteiger charge is 2.17. The van der Waals surface area contributed by atoms with Crippen LogP contribution in [0.25, 0.3) is 0 Å². The quantitative estimate of drug-likeness (QED) is 0.462. The van der Waals surface area contributed by atoms with Crippen molar-refractivity contribution in [2.75, 3.05) is 11.9 Å². The van der Waals surface area contributed by atoms with E-state index in [0.29, 0.717) is 11.3 Å². The number of carbonyl (C=O) groups excluding carboxylic acids is 2. The van der Waals surface area contributed by atoms with Crippen molar-refractivity contribution in [3.8, 4) is 5.75 Å². The van der Waals surface area contributed by atoms with Crippen molar-refractivity contribution in [2.24, 2.45) is 5.92 Å². The van der Waals surface area contributed by atoms with Gasteiger partial charge >= 0.3 is 5.69 Å². The van der Waals surface area contributed by atoms with Gasteiger partial charge in [0.05, 0.1) is 4.92 Å². The highest BCUT2D eigenvalue weighted by atomic mass is 19.1. The summed E-state index contributed by atoms with van der Waals surface area (Å²) >= 11 is 0. The Morgan fingerprint density at radius 3 is 2.42 bits per heavy atom. The van der Waals surface area contributed by atoms with Crippen LogP contribution >= 0.6 is 0 Å². The van der Waals surface area contributed by atoms with Crippen molar-refractivity contribution < 1.29 is 23.6 Å². The lowest BCUT2D eigenvalue weighted by Crippen LogP contribution is -2.18. The first-order valence-electron chi connectivity index (χ1n) is 7.79. The molecule has 0 radical (unpaired) electrons. The highest BCUT2D eigenvalue weighted by Crippen LogP contribution is 2.27. The number of hydrogen-bond donors (Lipinski definition) is 1. The van der Waals surface area contributed by atoms with Gasteiger partial charge in [0.25, 0.3) is 0 Å². The van der Waals surface area contributed by atoms with Gasteiger partial charge in [-0.05, 0) is 30.3 Å². The molecule has 0 aliphatic heterocycles. The average Bonchev–Trinajstić information content (AvgIpc) is 2.60. The van der Waals surface area contributed by atoms with Gasteiger partial charge in [-0.15, -0.1) is 0 Å². The number of nitrogens with one attached hydrogen (secondary N) is 1. The first-order valence-corrected chi connectivity index (χ1v) is 7.79. The SMILES string of the molecule is CC(C)C(=O)Nc1ccc(C(=O)COc2cc(F)ccc2[N+](=O)[O-])cc1. The second-order valence-electron chi connectivity index (χ2n) is 5.80. The molecule has 0 unspecified atom stereocenters. The van der Waals surface area contributed by atoms with E-state index >= 15 is 0 Å². The van der Waals surface area contributed by atoms with Crippen LogP contribution in [0.4, 0.5) is 15.8 Å². The Morgan fingerprint density at radius 2 is 1.85 bits per heavy atom. The van der Waals surface area contributed by atoms with E-state index in [0.717, 1.165) is 18.2 Å². The molecule has 8 heteroatoms. The molecule has 0 atom stereocenters. The second-order valence-corrected chi connectivity index (χ2v) is 5.80. The molecule has 0 aliphatic carbocycles. The molecule has 26 heavy (non-hydrogen) atoms. The Kier molecular flexibility index (Phi) is 6.00. The smallest absolute Gasteiger partial charge is 0.311 e. The van der Waals surface area contributed by atoms with E-state index in [-0.39, 0.29) is 17.6 Å². The van der Waals surface area contributed by atoms with Gasteiger partial charge in [0.15, 0.2) is 18.1 Å². The van der Waals surface area contributed by atoms with Crippen molar-refractivity contribution in [1.29, 1.82) is 0 Å². The molecule has 0 aliphatic rings. The molecule has 0 heterocycles. The zero-order valence-electron chi connectivity index (χ0n) is 14.2. The minimum Gasteiger partial charge on any atom is -0.478 e. The van der Waals surface area contributed by atoms with Crippen LogP contribution in [-0.2, 0) is 4.79 Å². The fraction of sp³-hybridized carbons (Fsp3) is 0.222. The Balaban J connectivity index is 2.04. The molecule has 0 aromatic heterocycles. The fourth-order valence-electron chi connectivity index (χ4n) is 2.01. The number of nitrogens with zero attached hydrogens (tertiary/aromatic N) is 1. The summed E-state index contributed by atoms with van der Waals surface area (Å²) in [5.74, 6) is -1.78. The lowest BCUT2D eigenvalue weighted by molar-refractivity contribution is -0.385. The topological polar surface area (TPSA) is 98.5 Å². The van der Waals surface area contributed by atoms with Gasteiger partial charge in [0.1, 0.15) is 5.82 Å². The maximum absolute atomic E-state index is 13.2. The highest BCUT2D eigenvalue weighted by molar-refractivity contribution is 5.98. The van der Waals surface area contributed by atoms with E-state index in [4.69, 9.17) is 4.74 Å². The number of anilines is 1. The van der Waals surface area contributed by atoms with Crippen LogP contribution in [0.3, 0.4) is 0 Å². The van der Waals surface area contributed by atoms with Gasteiger partial charge in [-0.1, -0.05) is 13.8 Å². The van der Waals surface area contributed by atoms with Crippen molar-refractivity contribution in [3.63, 3.8) is 0 Å². The van der Waals surface area contributed by atoms with Crippen LogP contribution in [0.15, 0.2) is 42.5 Å². The first kappa shape index (κ1) is 19.0. The predicted molar refractivity (Wildman–Crippen MR) is 92.8 cm³/mol. The lowest BCUT2D eigenvalue weighted by atomic mass is 10.1. The zero-order valence-corrected chi connectivity index (χ0v) is 14.2. The summed E-state index contributed by atoms with van der Waals surface area (Å²) in [6.07, 6.45) is 0. The van der Waals surface area contributed by atoms with E-state index < -0.39 is 28.8 Å². The van der Waals surface area contributed by atoms with Gasteiger partial charge in [0, 0.05) is 29.3 Å². The van der Waals surface area contributed by atoms with Crippen LogP contribution in [-0.4, -0.2) is 23.2 Å². The Labute approximate surface area is 148 Å². The van der Waals surface area contributed by atoms with Crippen LogP contribution < -0.4 is 10.1 Å². The number of nitro groups is 1. The monoisotopic (exact) mass is 360 g/mol. The second kappa shape index (κ2) is 8.19. The summed E-state index contributed by atoms with van der Waals surface area (Å²) in [6, 6.07) is 8.91. The Hall–Kier alpha value is -3.29. The summed E-state index contributed by atoms with van der Waals surface area (Å²) in [5, 5.41) is 13.6. The van der Waals surface area contributed by atoms with E-state index in [1.54, 1.807) is 26.0 Å². The van der Waals surface area contributed by atoms with Gasteiger partial charge in [-0.25, -0.2) is 4.39 Å². The van der Waals surface area contributed by atoms with Gasteiger partial charge < -0.3 is 10.1 Å². The summed E-state index contributed by atoms with van der Waals surface area (Å²) in [5.41, 5.74) is 0.416. The van der Waals surface area contributed by atoms with Crippen LogP contribution in [0.2, 0.25) is 0 Å². The molecule has 1 N–H and O–H groups in total. The fourth-order valence-corrected chi connectivity index (χ4v) is 2.01. The van der Waals surface area contributed by atoms with Gasteiger partial charge in [0.2, 0.25) is 5.91 Å². The number of nitro benzene ring substituents is 1. The molecule has 2 aromatic carbocycles. The third-order valence-electron chi connectivity index (χ3n) is 3.48. The summed E-state index contributed by atoms with van der Waals surface area (Å²) in [6.45, 7) is 3.04. The summed E-state index contributed by atoms with van der Waals surface area (Å²) in [7, 11) is 0. The molecule has 1 amide bonds. The molecule has 136 valence electrons. The Bertz CT molecular complexity index is 834. The largest absolute Gasteiger partial charge is 0.478 e. The van der Waals surface area contributed by atoms with E-state index in [1.807, 2.05) is 0 Å². The maximum Gasteiger partial charge on any atom is 0.311 e. The first-order chi connectivity index (χ1) is 12.3. The van der Waals surface area contributed by atoms with Crippen LogP contribution in [0.5, 0.6) is 5.75 Å². The van der Waals surface area contributed by atoms with Gasteiger partial charge in [-0.3, -0.25) is 19.7 Å². The van der Waals surface area contributed by atoms with Crippen molar-refractivity contribution in [1.82, 2.24) is 0 Å². The number of carbonyl (C=O) groups is 2. The minimum atomic E-state index is -0.717. The number of rotatable bonds is 7. The standard InChI is InChI=1S/C18H17FN2O5/c1-11(2)18(23)20-14-6-3-12(4-7-14)16(22)10-26-17-9-13(19)5-8-15(17)21(24)25/h3-9,11H,10H2,1-2H3,(H,20,23).